The molecule has 1 aliphatic carbocycles. The fourth-order valence-corrected chi connectivity index (χ4v) is 3.51. The molecule has 1 atom stereocenters. The van der Waals surface area contributed by atoms with Crippen LogP contribution in [-0.4, -0.2) is 16.9 Å². The van der Waals surface area contributed by atoms with Crippen molar-refractivity contribution >= 4 is 32.7 Å². The second kappa shape index (κ2) is 5.32. The van der Waals surface area contributed by atoms with Gasteiger partial charge >= 0.3 is 0 Å². The third-order valence-corrected chi connectivity index (χ3v) is 4.65. The van der Waals surface area contributed by atoms with Crippen LogP contribution >= 0.6 is 15.9 Å². The van der Waals surface area contributed by atoms with Crippen molar-refractivity contribution in [1.29, 1.82) is 0 Å². The van der Waals surface area contributed by atoms with Crippen LogP contribution in [0, 0.1) is 0 Å². The maximum absolute atomic E-state index is 12.2. The highest BCUT2D eigenvalue weighted by Crippen LogP contribution is 2.29. The summed E-state index contributed by atoms with van der Waals surface area (Å²) in [6.45, 7) is 0. The van der Waals surface area contributed by atoms with Gasteiger partial charge < -0.3 is 14.7 Å². The van der Waals surface area contributed by atoms with Gasteiger partial charge in [0, 0.05) is 29.1 Å². The van der Waals surface area contributed by atoms with Gasteiger partial charge in [0.1, 0.15) is 0 Å². The van der Waals surface area contributed by atoms with Gasteiger partial charge in [0.15, 0.2) is 10.4 Å². The first-order chi connectivity index (χ1) is 10.7. The minimum Gasteiger partial charge on any atom is -0.444 e. The molecule has 1 amide bonds. The maximum Gasteiger partial charge on any atom is 0.287 e. The van der Waals surface area contributed by atoms with Crippen LogP contribution in [0.5, 0.6) is 0 Å². The largest absolute Gasteiger partial charge is 0.444 e. The third-order valence-electron chi connectivity index (χ3n) is 4.23. The smallest absolute Gasteiger partial charge is 0.287 e. The van der Waals surface area contributed by atoms with Crippen LogP contribution in [0.3, 0.4) is 0 Å². The molecule has 5 heteroatoms. The lowest BCUT2D eigenvalue weighted by atomic mass is 9.91. The Hall–Kier alpha value is -2.01. The lowest BCUT2D eigenvalue weighted by Crippen LogP contribution is -2.38. The van der Waals surface area contributed by atoms with Gasteiger partial charge in [-0.1, -0.05) is 18.2 Å². The molecule has 112 valence electrons. The summed E-state index contributed by atoms with van der Waals surface area (Å²) >= 11 is 3.21. The number of benzene rings is 1. The van der Waals surface area contributed by atoms with Crippen molar-refractivity contribution in [2.24, 2.45) is 0 Å². The SMILES string of the molecule is O=C(NC1CCc2c([nH]c3ccccc23)C1)c1ccc(Br)o1. The molecule has 2 heterocycles. The fraction of sp³-hybridized carbons (Fsp3) is 0.235. The molecular formula is C17H15BrN2O2. The Morgan fingerprint density at radius 3 is 2.95 bits per heavy atom. The second-order valence-electron chi connectivity index (χ2n) is 5.64. The van der Waals surface area contributed by atoms with Crippen LogP contribution in [0.25, 0.3) is 10.9 Å². The number of rotatable bonds is 2. The first-order valence-corrected chi connectivity index (χ1v) is 8.14. The average molecular weight is 359 g/mol. The number of amides is 1. The minimum atomic E-state index is -0.157. The third kappa shape index (κ3) is 2.35. The zero-order valence-corrected chi connectivity index (χ0v) is 13.4. The summed E-state index contributed by atoms with van der Waals surface area (Å²) in [6, 6.07) is 11.9. The van der Waals surface area contributed by atoms with E-state index in [2.05, 4.69) is 44.4 Å². The molecule has 0 bridgehead atoms. The van der Waals surface area contributed by atoms with Gasteiger partial charge in [0.25, 0.3) is 5.91 Å². The number of aromatic nitrogens is 1. The van der Waals surface area contributed by atoms with Gasteiger partial charge in [-0.3, -0.25) is 4.79 Å². The van der Waals surface area contributed by atoms with Gasteiger partial charge in [-0.25, -0.2) is 0 Å². The predicted molar refractivity (Wildman–Crippen MR) is 88.0 cm³/mol. The zero-order valence-electron chi connectivity index (χ0n) is 11.9. The Kier molecular flexibility index (Phi) is 3.30. The number of aromatic amines is 1. The van der Waals surface area contributed by atoms with Crippen molar-refractivity contribution in [2.75, 3.05) is 0 Å². The summed E-state index contributed by atoms with van der Waals surface area (Å²) in [7, 11) is 0. The lowest BCUT2D eigenvalue weighted by molar-refractivity contribution is 0.0904. The molecule has 2 aromatic heterocycles. The Morgan fingerprint density at radius 1 is 1.27 bits per heavy atom. The number of carbonyl (C=O) groups excluding carboxylic acids is 1. The van der Waals surface area contributed by atoms with E-state index in [1.54, 1.807) is 12.1 Å². The molecule has 0 spiro atoms. The van der Waals surface area contributed by atoms with E-state index in [9.17, 15) is 4.79 Å². The molecule has 22 heavy (non-hydrogen) atoms. The van der Waals surface area contributed by atoms with Crippen molar-refractivity contribution in [1.82, 2.24) is 10.3 Å². The highest BCUT2D eigenvalue weighted by Gasteiger charge is 2.24. The Bertz CT molecular complexity index is 849. The number of carbonyl (C=O) groups is 1. The molecule has 1 aromatic carbocycles. The molecule has 0 aliphatic heterocycles. The normalized spacial score (nSPS) is 17.4. The van der Waals surface area contributed by atoms with E-state index in [1.807, 2.05) is 6.07 Å². The minimum absolute atomic E-state index is 0.136. The van der Waals surface area contributed by atoms with Crippen LogP contribution in [0.1, 0.15) is 28.2 Å². The number of halogens is 1. The van der Waals surface area contributed by atoms with Crippen LogP contribution in [0.4, 0.5) is 0 Å². The molecule has 0 saturated heterocycles. The number of aryl methyl sites for hydroxylation is 1. The molecule has 0 fully saturated rings. The van der Waals surface area contributed by atoms with Gasteiger partial charge in [-0.15, -0.1) is 0 Å². The lowest BCUT2D eigenvalue weighted by Gasteiger charge is -2.23. The Morgan fingerprint density at radius 2 is 2.14 bits per heavy atom. The molecule has 2 N–H and O–H groups in total. The number of nitrogens with one attached hydrogen (secondary N) is 2. The highest BCUT2D eigenvalue weighted by atomic mass is 79.9. The quantitative estimate of drug-likeness (QED) is 0.731. The predicted octanol–water partition coefficient (Wildman–Crippen LogP) is 3.81. The topological polar surface area (TPSA) is 58.0 Å². The summed E-state index contributed by atoms with van der Waals surface area (Å²) in [5.41, 5.74) is 3.80. The van der Waals surface area contributed by atoms with Crippen molar-refractivity contribution in [3.05, 3.63) is 58.1 Å². The monoisotopic (exact) mass is 358 g/mol. The number of fused-ring (bicyclic) bond motifs is 3. The first kappa shape index (κ1) is 13.6. The standard InChI is InChI=1S/C17H15BrN2O2/c18-16-8-7-15(22-16)17(21)19-10-5-6-12-11-3-1-2-4-13(11)20-14(12)9-10/h1-4,7-8,10,20H,5-6,9H2,(H,19,21). The van der Waals surface area contributed by atoms with E-state index in [4.69, 9.17) is 4.42 Å². The zero-order chi connectivity index (χ0) is 15.1. The second-order valence-corrected chi connectivity index (χ2v) is 6.43. The van der Waals surface area contributed by atoms with E-state index in [-0.39, 0.29) is 11.9 Å². The van der Waals surface area contributed by atoms with Crippen molar-refractivity contribution in [3.8, 4) is 0 Å². The molecule has 0 radical (unpaired) electrons. The molecule has 4 rings (SSSR count). The van der Waals surface area contributed by atoms with Gasteiger partial charge in [0.05, 0.1) is 0 Å². The first-order valence-electron chi connectivity index (χ1n) is 7.35. The van der Waals surface area contributed by atoms with Gasteiger partial charge in [-0.2, -0.15) is 0 Å². The summed E-state index contributed by atoms with van der Waals surface area (Å²) in [5, 5.41) is 4.36. The number of para-hydroxylation sites is 1. The number of furan rings is 1. The molecule has 0 saturated carbocycles. The van der Waals surface area contributed by atoms with Crippen LogP contribution in [-0.2, 0) is 12.8 Å². The van der Waals surface area contributed by atoms with Crippen molar-refractivity contribution < 1.29 is 9.21 Å². The van der Waals surface area contributed by atoms with E-state index in [1.165, 1.54) is 22.2 Å². The Balaban J connectivity index is 1.53. The summed E-state index contributed by atoms with van der Waals surface area (Å²) in [4.78, 5) is 15.7. The number of hydrogen-bond donors (Lipinski definition) is 2. The van der Waals surface area contributed by atoms with E-state index >= 15 is 0 Å². The average Bonchev–Trinajstić information content (AvgIpc) is 3.10. The molecular weight excluding hydrogens is 344 g/mol. The molecule has 3 aromatic rings. The highest BCUT2D eigenvalue weighted by molar-refractivity contribution is 9.10. The van der Waals surface area contributed by atoms with Crippen molar-refractivity contribution in [2.45, 2.75) is 25.3 Å². The molecule has 4 nitrogen and oxygen atoms in total. The summed E-state index contributed by atoms with van der Waals surface area (Å²) in [6.07, 6.45) is 2.76. The number of H-pyrrole nitrogens is 1. The van der Waals surface area contributed by atoms with Crippen LogP contribution in [0.15, 0.2) is 45.5 Å². The van der Waals surface area contributed by atoms with Crippen LogP contribution < -0.4 is 5.32 Å². The molecule has 1 unspecified atom stereocenters. The van der Waals surface area contributed by atoms with Gasteiger partial charge in [-0.05, 0) is 52.5 Å². The van der Waals surface area contributed by atoms with Crippen molar-refractivity contribution in [3.63, 3.8) is 0 Å². The molecule has 1 aliphatic rings. The van der Waals surface area contributed by atoms with E-state index in [0.29, 0.717) is 10.4 Å². The number of hydrogen-bond acceptors (Lipinski definition) is 2. The fourth-order valence-electron chi connectivity index (χ4n) is 3.20. The summed E-state index contributed by atoms with van der Waals surface area (Å²) < 4.78 is 5.87. The van der Waals surface area contributed by atoms with E-state index in [0.717, 1.165) is 19.3 Å². The maximum atomic E-state index is 12.2. The van der Waals surface area contributed by atoms with Crippen LogP contribution in [0.2, 0.25) is 0 Å². The van der Waals surface area contributed by atoms with E-state index < -0.39 is 0 Å². The Labute approximate surface area is 136 Å². The summed E-state index contributed by atoms with van der Waals surface area (Å²) in [5.74, 6) is 0.185. The van der Waals surface area contributed by atoms with Gasteiger partial charge in [0.2, 0.25) is 0 Å².